The molecule has 0 saturated carbocycles. The number of methoxy groups -OCH3 is 1. The van der Waals surface area contributed by atoms with Crippen LogP contribution in [0.3, 0.4) is 0 Å². The summed E-state index contributed by atoms with van der Waals surface area (Å²) in [7, 11) is 1.37. The Labute approximate surface area is 94.4 Å². The highest BCUT2D eigenvalue weighted by atomic mass is 16.5. The molecule has 0 aromatic carbocycles. The number of aryl methyl sites for hydroxylation is 1. The third-order valence-electron chi connectivity index (χ3n) is 3.01. The minimum Gasteiger partial charge on any atom is -0.465 e. The zero-order valence-corrected chi connectivity index (χ0v) is 9.32. The first-order valence-electron chi connectivity index (χ1n) is 5.44. The van der Waals surface area contributed by atoms with E-state index in [1.807, 2.05) is 6.07 Å². The molecule has 1 aliphatic heterocycles. The number of aromatic nitrogens is 1. The smallest absolute Gasteiger partial charge is 0.339 e. The van der Waals surface area contributed by atoms with Crippen LogP contribution >= 0.6 is 0 Å². The van der Waals surface area contributed by atoms with Gasteiger partial charge in [-0.1, -0.05) is 0 Å². The van der Waals surface area contributed by atoms with Crippen molar-refractivity contribution in [1.82, 2.24) is 4.57 Å². The fourth-order valence-electron chi connectivity index (χ4n) is 2.26. The van der Waals surface area contributed by atoms with Gasteiger partial charge in [-0.3, -0.25) is 0 Å². The normalized spacial score (nSPS) is 14.0. The van der Waals surface area contributed by atoms with E-state index in [1.54, 1.807) is 0 Å². The lowest BCUT2D eigenvalue weighted by atomic mass is 10.1. The van der Waals surface area contributed by atoms with Crippen LogP contribution in [0.4, 0.5) is 0 Å². The number of esters is 1. The molecule has 84 valence electrons. The molecule has 16 heavy (non-hydrogen) atoms. The fourth-order valence-corrected chi connectivity index (χ4v) is 2.26. The average Bonchev–Trinajstić information content (AvgIpc) is 2.68. The molecule has 1 aliphatic rings. The van der Waals surface area contributed by atoms with Crippen molar-refractivity contribution in [3.63, 3.8) is 0 Å². The molecular weight excluding hydrogens is 204 g/mol. The number of fused-ring (bicyclic) bond motifs is 1. The molecular formula is C12H14N2O2. The largest absolute Gasteiger partial charge is 0.465 e. The van der Waals surface area contributed by atoms with Crippen molar-refractivity contribution in [1.29, 1.82) is 5.26 Å². The molecule has 0 amide bonds. The van der Waals surface area contributed by atoms with E-state index in [4.69, 9.17) is 10.00 Å². The second-order valence-electron chi connectivity index (χ2n) is 3.93. The molecule has 0 N–H and O–H groups in total. The summed E-state index contributed by atoms with van der Waals surface area (Å²) in [6, 6.07) is 3.98. The predicted octanol–water partition coefficient (Wildman–Crippen LogP) is 1.68. The minimum absolute atomic E-state index is 0.268. The van der Waals surface area contributed by atoms with E-state index in [9.17, 15) is 4.79 Å². The van der Waals surface area contributed by atoms with Crippen LogP contribution in [0.5, 0.6) is 0 Å². The van der Waals surface area contributed by atoms with E-state index in [1.165, 1.54) is 7.11 Å². The molecule has 2 heterocycles. The first kappa shape index (κ1) is 10.7. The number of rotatable bonds is 2. The molecule has 1 aromatic heterocycles. The molecule has 0 aliphatic carbocycles. The first-order valence-corrected chi connectivity index (χ1v) is 5.44. The maximum atomic E-state index is 11.6. The van der Waals surface area contributed by atoms with Gasteiger partial charge in [0.15, 0.2) is 0 Å². The lowest BCUT2D eigenvalue weighted by molar-refractivity contribution is 0.0599. The molecule has 0 saturated heterocycles. The van der Waals surface area contributed by atoms with Gasteiger partial charge in [0.2, 0.25) is 0 Å². The van der Waals surface area contributed by atoms with Crippen molar-refractivity contribution in [2.45, 2.75) is 32.2 Å². The summed E-state index contributed by atoms with van der Waals surface area (Å²) in [6.07, 6.45) is 3.51. The van der Waals surface area contributed by atoms with Gasteiger partial charge < -0.3 is 9.30 Å². The van der Waals surface area contributed by atoms with E-state index < -0.39 is 0 Å². The van der Waals surface area contributed by atoms with Crippen molar-refractivity contribution in [2.75, 3.05) is 7.11 Å². The number of hydrogen-bond acceptors (Lipinski definition) is 3. The zero-order valence-electron chi connectivity index (χ0n) is 9.32. The van der Waals surface area contributed by atoms with Crippen LogP contribution in [0.2, 0.25) is 0 Å². The van der Waals surface area contributed by atoms with E-state index in [0.29, 0.717) is 5.56 Å². The maximum Gasteiger partial charge on any atom is 0.339 e. The van der Waals surface area contributed by atoms with Crippen LogP contribution in [0.25, 0.3) is 0 Å². The van der Waals surface area contributed by atoms with E-state index >= 15 is 0 Å². The number of nitriles is 1. The molecule has 4 heteroatoms. The molecule has 4 nitrogen and oxygen atoms in total. The highest BCUT2D eigenvalue weighted by molar-refractivity contribution is 5.91. The Bertz CT molecular complexity index is 454. The summed E-state index contributed by atoms with van der Waals surface area (Å²) in [5.41, 5.74) is 2.52. The van der Waals surface area contributed by atoms with Gasteiger partial charge in [-0.15, -0.1) is 0 Å². The summed E-state index contributed by atoms with van der Waals surface area (Å²) in [5, 5.41) is 8.80. The van der Waals surface area contributed by atoms with E-state index in [2.05, 4.69) is 10.6 Å². The number of ether oxygens (including phenoxy) is 1. The van der Waals surface area contributed by atoms with Gasteiger partial charge in [0.05, 0.1) is 25.2 Å². The Kier molecular flexibility index (Phi) is 2.95. The maximum absolute atomic E-state index is 11.6. The quantitative estimate of drug-likeness (QED) is 0.709. The molecule has 0 unspecified atom stereocenters. The summed E-state index contributed by atoms with van der Waals surface area (Å²) in [5.74, 6) is -0.341. The lowest BCUT2D eigenvalue weighted by Gasteiger charge is -2.17. The standard InChI is InChI=1S/C12H14N2O2/c1-16-12(15)10-8-9-4-2-3-7-14(9)11(10)5-6-13/h8H,2-5,7H2,1H3. The lowest BCUT2D eigenvalue weighted by Crippen LogP contribution is -2.13. The van der Waals surface area contributed by atoms with Crippen molar-refractivity contribution in [3.05, 3.63) is 23.0 Å². The van der Waals surface area contributed by atoms with E-state index in [0.717, 1.165) is 37.2 Å². The van der Waals surface area contributed by atoms with Crippen LogP contribution < -0.4 is 0 Å². The van der Waals surface area contributed by atoms with Crippen molar-refractivity contribution < 1.29 is 9.53 Å². The van der Waals surface area contributed by atoms with Crippen molar-refractivity contribution in [2.24, 2.45) is 0 Å². The molecule has 0 radical (unpaired) electrons. The number of nitrogens with zero attached hydrogens (tertiary/aromatic N) is 2. The number of carbonyl (C=O) groups is 1. The SMILES string of the molecule is COC(=O)c1cc2n(c1CC#N)CCCC2. The Morgan fingerprint density at radius 1 is 1.62 bits per heavy atom. The molecule has 0 spiro atoms. The number of hydrogen-bond donors (Lipinski definition) is 0. The summed E-state index contributed by atoms with van der Waals surface area (Å²) >= 11 is 0. The Morgan fingerprint density at radius 2 is 2.44 bits per heavy atom. The molecule has 2 rings (SSSR count). The number of carbonyl (C=O) groups excluding carboxylic acids is 1. The van der Waals surface area contributed by atoms with E-state index in [-0.39, 0.29) is 12.4 Å². The summed E-state index contributed by atoms with van der Waals surface area (Å²) < 4.78 is 6.84. The second kappa shape index (κ2) is 4.40. The van der Waals surface area contributed by atoms with Crippen molar-refractivity contribution in [3.8, 4) is 6.07 Å². The Hall–Kier alpha value is -1.76. The first-order chi connectivity index (χ1) is 7.77. The summed E-state index contributed by atoms with van der Waals surface area (Å²) in [4.78, 5) is 11.6. The minimum atomic E-state index is -0.341. The summed E-state index contributed by atoms with van der Waals surface area (Å²) in [6.45, 7) is 0.906. The Balaban J connectivity index is 2.48. The third-order valence-corrected chi connectivity index (χ3v) is 3.01. The van der Waals surface area contributed by atoms with Crippen LogP contribution in [0, 0.1) is 11.3 Å². The molecule has 0 bridgehead atoms. The molecule has 0 fully saturated rings. The zero-order chi connectivity index (χ0) is 11.5. The second-order valence-corrected chi connectivity index (χ2v) is 3.93. The topological polar surface area (TPSA) is 55.0 Å². The van der Waals surface area contributed by atoms with Crippen LogP contribution in [-0.4, -0.2) is 17.6 Å². The van der Waals surface area contributed by atoms with Gasteiger partial charge >= 0.3 is 5.97 Å². The van der Waals surface area contributed by atoms with Gasteiger partial charge in [0, 0.05) is 17.9 Å². The van der Waals surface area contributed by atoms with Gasteiger partial charge in [-0.2, -0.15) is 5.26 Å². The van der Waals surface area contributed by atoms with Crippen LogP contribution in [0.1, 0.15) is 34.6 Å². The average molecular weight is 218 g/mol. The van der Waals surface area contributed by atoms with Gasteiger partial charge in [0.25, 0.3) is 0 Å². The highest BCUT2D eigenvalue weighted by Gasteiger charge is 2.21. The Morgan fingerprint density at radius 3 is 3.12 bits per heavy atom. The molecule has 0 atom stereocenters. The fraction of sp³-hybridized carbons (Fsp3) is 0.500. The van der Waals surface area contributed by atoms with Gasteiger partial charge in [-0.05, 0) is 25.3 Å². The highest BCUT2D eigenvalue weighted by Crippen LogP contribution is 2.23. The van der Waals surface area contributed by atoms with Crippen LogP contribution in [-0.2, 0) is 24.1 Å². The molecule has 1 aromatic rings. The predicted molar refractivity (Wildman–Crippen MR) is 58.0 cm³/mol. The van der Waals surface area contributed by atoms with Crippen LogP contribution in [0.15, 0.2) is 6.07 Å². The monoisotopic (exact) mass is 218 g/mol. The third kappa shape index (κ3) is 1.69. The van der Waals surface area contributed by atoms with Gasteiger partial charge in [0.1, 0.15) is 0 Å². The van der Waals surface area contributed by atoms with Crippen molar-refractivity contribution >= 4 is 5.97 Å². The van der Waals surface area contributed by atoms with Gasteiger partial charge in [-0.25, -0.2) is 4.79 Å².